The van der Waals surface area contributed by atoms with Crippen LogP contribution in [0.25, 0.3) is 10.8 Å². The second kappa shape index (κ2) is 4.21. The molecular formula is C12H9NO4. The second-order valence-electron chi connectivity index (χ2n) is 3.42. The Hall–Kier alpha value is -2.43. The number of carbonyl (C=O) groups is 2. The summed E-state index contributed by atoms with van der Waals surface area (Å²) >= 11 is 0. The van der Waals surface area contributed by atoms with Crippen molar-refractivity contribution in [1.82, 2.24) is 4.98 Å². The largest absolute Gasteiger partial charge is 0.478 e. The first kappa shape index (κ1) is 11.1. The minimum absolute atomic E-state index is 0.0405. The molecule has 0 saturated carbocycles. The van der Waals surface area contributed by atoms with E-state index in [-0.39, 0.29) is 11.1 Å². The van der Waals surface area contributed by atoms with E-state index < -0.39 is 11.9 Å². The van der Waals surface area contributed by atoms with E-state index in [4.69, 9.17) is 5.11 Å². The lowest BCUT2D eigenvalue weighted by Gasteiger charge is -2.06. The van der Waals surface area contributed by atoms with Gasteiger partial charge in [-0.05, 0) is 23.6 Å². The summed E-state index contributed by atoms with van der Waals surface area (Å²) in [5.74, 6) is -1.84. The Balaban J connectivity index is 2.75. The maximum atomic E-state index is 11.5. The first-order valence-electron chi connectivity index (χ1n) is 4.83. The molecule has 0 aliphatic heterocycles. The second-order valence-corrected chi connectivity index (χ2v) is 3.42. The van der Waals surface area contributed by atoms with E-state index in [0.29, 0.717) is 5.39 Å². The minimum Gasteiger partial charge on any atom is -0.478 e. The number of aromatic carboxylic acids is 1. The Morgan fingerprint density at radius 3 is 2.59 bits per heavy atom. The number of carbonyl (C=O) groups excluding carboxylic acids is 1. The van der Waals surface area contributed by atoms with Gasteiger partial charge in [-0.15, -0.1) is 0 Å². The summed E-state index contributed by atoms with van der Waals surface area (Å²) in [7, 11) is 1.21. The van der Waals surface area contributed by atoms with Gasteiger partial charge in [0.05, 0.1) is 18.2 Å². The number of hydrogen-bond acceptors (Lipinski definition) is 4. The third kappa shape index (κ3) is 1.94. The molecule has 5 nitrogen and oxygen atoms in total. The van der Waals surface area contributed by atoms with Gasteiger partial charge in [-0.2, -0.15) is 0 Å². The number of aromatic nitrogens is 1. The molecule has 0 atom stereocenters. The van der Waals surface area contributed by atoms with Crippen molar-refractivity contribution >= 4 is 22.7 Å². The molecule has 0 spiro atoms. The average Bonchev–Trinajstić information content (AvgIpc) is 2.36. The number of fused-ring (bicyclic) bond motifs is 1. The maximum absolute atomic E-state index is 11.5. The summed E-state index contributed by atoms with van der Waals surface area (Å²) in [6.07, 6.45) is 3.12. The van der Waals surface area contributed by atoms with E-state index in [1.807, 2.05) is 0 Å². The molecule has 86 valence electrons. The van der Waals surface area contributed by atoms with Crippen LogP contribution in [0.4, 0.5) is 0 Å². The highest BCUT2D eigenvalue weighted by Gasteiger charge is 2.17. The molecule has 0 bridgehead atoms. The molecule has 2 aromatic rings. The van der Waals surface area contributed by atoms with Crippen LogP contribution in [-0.4, -0.2) is 29.1 Å². The average molecular weight is 231 g/mol. The van der Waals surface area contributed by atoms with Crippen molar-refractivity contribution in [2.45, 2.75) is 0 Å². The topological polar surface area (TPSA) is 76.5 Å². The number of rotatable bonds is 2. The Bertz CT molecular complexity index is 606. The fourth-order valence-electron chi connectivity index (χ4n) is 1.59. The summed E-state index contributed by atoms with van der Waals surface area (Å²) in [5.41, 5.74) is -0.0453. The quantitative estimate of drug-likeness (QED) is 0.796. The molecule has 0 amide bonds. The van der Waals surface area contributed by atoms with Gasteiger partial charge in [-0.3, -0.25) is 4.98 Å². The molecule has 0 radical (unpaired) electrons. The highest BCUT2D eigenvalue weighted by molar-refractivity contribution is 6.06. The molecule has 5 heteroatoms. The van der Waals surface area contributed by atoms with Crippen LogP contribution < -0.4 is 0 Å². The highest BCUT2D eigenvalue weighted by atomic mass is 16.5. The zero-order chi connectivity index (χ0) is 12.4. The van der Waals surface area contributed by atoms with E-state index in [9.17, 15) is 9.59 Å². The van der Waals surface area contributed by atoms with E-state index >= 15 is 0 Å². The van der Waals surface area contributed by atoms with Crippen molar-refractivity contribution in [3.8, 4) is 0 Å². The number of hydrogen-bond donors (Lipinski definition) is 1. The van der Waals surface area contributed by atoms with Gasteiger partial charge in [-0.25, -0.2) is 9.59 Å². The van der Waals surface area contributed by atoms with E-state index in [0.717, 1.165) is 5.39 Å². The van der Waals surface area contributed by atoms with Crippen LogP contribution in [0.1, 0.15) is 20.7 Å². The first-order valence-corrected chi connectivity index (χ1v) is 4.83. The molecule has 1 aromatic carbocycles. The van der Waals surface area contributed by atoms with E-state index in [1.165, 1.54) is 19.2 Å². The summed E-state index contributed by atoms with van der Waals surface area (Å²) in [6, 6.07) is 4.61. The molecule has 0 aliphatic rings. The van der Waals surface area contributed by atoms with Crippen molar-refractivity contribution in [2.24, 2.45) is 0 Å². The van der Waals surface area contributed by atoms with E-state index in [1.54, 1.807) is 18.5 Å². The van der Waals surface area contributed by atoms with Crippen molar-refractivity contribution in [1.29, 1.82) is 0 Å². The zero-order valence-electron chi connectivity index (χ0n) is 9.01. The van der Waals surface area contributed by atoms with Gasteiger partial charge in [-0.1, -0.05) is 0 Å². The number of carboxylic acid groups (broad SMARTS) is 1. The number of carboxylic acids is 1. The third-order valence-electron chi connectivity index (χ3n) is 2.41. The lowest BCUT2D eigenvalue weighted by atomic mass is 10.0. The number of nitrogens with zero attached hydrogens (tertiary/aromatic N) is 1. The normalized spacial score (nSPS) is 10.2. The minimum atomic E-state index is -1.17. The summed E-state index contributed by atoms with van der Waals surface area (Å²) < 4.78 is 4.56. The van der Waals surface area contributed by atoms with Gasteiger partial charge in [0.1, 0.15) is 0 Å². The number of pyridine rings is 1. The van der Waals surface area contributed by atoms with Gasteiger partial charge < -0.3 is 9.84 Å². The fraction of sp³-hybridized carbons (Fsp3) is 0.0833. The van der Waals surface area contributed by atoms with E-state index in [2.05, 4.69) is 9.72 Å². The summed E-state index contributed by atoms with van der Waals surface area (Å²) in [5, 5.41) is 10.4. The van der Waals surface area contributed by atoms with Gasteiger partial charge in [0.25, 0.3) is 0 Å². The number of methoxy groups -OCH3 is 1. The van der Waals surface area contributed by atoms with Crippen LogP contribution in [0.15, 0.2) is 30.6 Å². The van der Waals surface area contributed by atoms with Crippen LogP contribution in [0, 0.1) is 0 Å². The van der Waals surface area contributed by atoms with Crippen LogP contribution in [0.2, 0.25) is 0 Å². The smallest absolute Gasteiger partial charge is 0.338 e. The van der Waals surface area contributed by atoms with Crippen LogP contribution in [0.3, 0.4) is 0 Å². The van der Waals surface area contributed by atoms with Crippen molar-refractivity contribution < 1.29 is 19.4 Å². The predicted octanol–water partition coefficient (Wildman–Crippen LogP) is 1.72. The molecule has 2 rings (SSSR count). The molecule has 1 aromatic heterocycles. The summed E-state index contributed by atoms with van der Waals surface area (Å²) in [6.45, 7) is 0. The van der Waals surface area contributed by atoms with Crippen LogP contribution >= 0.6 is 0 Å². The number of esters is 1. The van der Waals surface area contributed by atoms with Crippen LogP contribution in [-0.2, 0) is 4.74 Å². The Labute approximate surface area is 96.7 Å². The number of benzene rings is 1. The van der Waals surface area contributed by atoms with Crippen molar-refractivity contribution in [3.63, 3.8) is 0 Å². The number of ether oxygens (including phenoxy) is 1. The lowest BCUT2D eigenvalue weighted by Crippen LogP contribution is -2.10. The Kier molecular flexibility index (Phi) is 2.74. The Morgan fingerprint density at radius 2 is 1.94 bits per heavy atom. The first-order chi connectivity index (χ1) is 8.13. The van der Waals surface area contributed by atoms with Gasteiger partial charge in [0.15, 0.2) is 0 Å². The van der Waals surface area contributed by atoms with Gasteiger partial charge >= 0.3 is 11.9 Å². The molecular weight excluding hydrogens is 222 g/mol. The molecule has 17 heavy (non-hydrogen) atoms. The molecule has 0 fully saturated rings. The van der Waals surface area contributed by atoms with Crippen molar-refractivity contribution in [3.05, 3.63) is 41.7 Å². The fourth-order valence-corrected chi connectivity index (χ4v) is 1.59. The monoisotopic (exact) mass is 231 g/mol. The molecule has 1 N–H and O–H groups in total. The SMILES string of the molecule is COC(=O)c1cc2ccncc2cc1C(=O)O. The Morgan fingerprint density at radius 1 is 1.24 bits per heavy atom. The maximum Gasteiger partial charge on any atom is 0.338 e. The molecule has 1 heterocycles. The molecule has 0 saturated heterocycles. The van der Waals surface area contributed by atoms with Gasteiger partial charge in [0, 0.05) is 17.8 Å². The summed E-state index contributed by atoms with van der Waals surface area (Å²) in [4.78, 5) is 26.4. The molecule has 0 unspecified atom stereocenters. The standard InChI is InChI=1S/C12H9NO4/c1-17-12(16)10-4-7-2-3-13-6-8(7)5-9(10)11(14)15/h2-6H,1H3,(H,14,15). The van der Waals surface area contributed by atoms with Gasteiger partial charge in [0.2, 0.25) is 0 Å². The van der Waals surface area contributed by atoms with Crippen LogP contribution in [0.5, 0.6) is 0 Å². The lowest BCUT2D eigenvalue weighted by molar-refractivity contribution is 0.0583. The molecule has 0 aliphatic carbocycles. The van der Waals surface area contributed by atoms with Crippen molar-refractivity contribution in [2.75, 3.05) is 7.11 Å². The highest BCUT2D eigenvalue weighted by Crippen LogP contribution is 2.20. The predicted molar refractivity (Wildman–Crippen MR) is 60.0 cm³/mol. The zero-order valence-corrected chi connectivity index (χ0v) is 9.01. The third-order valence-corrected chi connectivity index (χ3v) is 2.41.